The lowest BCUT2D eigenvalue weighted by Crippen LogP contribution is -2.06. The van der Waals surface area contributed by atoms with Crippen LogP contribution in [0.15, 0.2) is 30.3 Å². The van der Waals surface area contributed by atoms with E-state index in [1.54, 1.807) is 6.07 Å². The highest BCUT2D eigenvalue weighted by Crippen LogP contribution is 2.41. The second-order valence-corrected chi connectivity index (χ2v) is 5.28. The molecule has 0 saturated heterocycles. The van der Waals surface area contributed by atoms with Crippen LogP contribution >= 0.6 is 11.6 Å². The molecule has 1 nitrogen and oxygen atoms in total. The summed E-state index contributed by atoms with van der Waals surface area (Å²) in [5.74, 6) is 0.493. The largest absolute Gasteiger partial charge is 0.489 e. The Morgan fingerprint density at radius 2 is 2.05 bits per heavy atom. The molecule has 1 heterocycles. The van der Waals surface area contributed by atoms with Gasteiger partial charge in [-0.2, -0.15) is 0 Å². The zero-order valence-corrected chi connectivity index (χ0v) is 11.3. The highest BCUT2D eigenvalue weighted by molar-refractivity contribution is 6.30. The summed E-state index contributed by atoms with van der Waals surface area (Å²) in [6, 6.07) is 8.59. The Labute approximate surface area is 117 Å². The molecular formula is C16H13ClFO. The summed E-state index contributed by atoms with van der Waals surface area (Å²) in [4.78, 5) is 0. The highest BCUT2D eigenvalue weighted by atomic mass is 35.5. The van der Waals surface area contributed by atoms with Crippen molar-refractivity contribution in [2.24, 2.45) is 0 Å². The summed E-state index contributed by atoms with van der Waals surface area (Å²) in [7, 11) is 0. The SMILES string of the molecule is [CH2][C@@H]1Cc2cc(F)cc(-c3ccc(Cl)cc3C)c2O1. The summed E-state index contributed by atoms with van der Waals surface area (Å²) in [6.45, 7) is 5.84. The third kappa shape index (κ3) is 2.21. The molecule has 19 heavy (non-hydrogen) atoms. The topological polar surface area (TPSA) is 9.23 Å². The van der Waals surface area contributed by atoms with Gasteiger partial charge in [0.15, 0.2) is 0 Å². The maximum absolute atomic E-state index is 13.7. The number of rotatable bonds is 1. The normalized spacial score (nSPS) is 17.2. The lowest BCUT2D eigenvalue weighted by atomic mass is 9.97. The van der Waals surface area contributed by atoms with Gasteiger partial charge in [-0.15, -0.1) is 0 Å². The van der Waals surface area contributed by atoms with Crippen molar-refractivity contribution in [1.29, 1.82) is 0 Å². The van der Waals surface area contributed by atoms with Crippen molar-refractivity contribution in [2.45, 2.75) is 19.4 Å². The van der Waals surface area contributed by atoms with E-state index in [0.29, 0.717) is 11.4 Å². The van der Waals surface area contributed by atoms with E-state index in [1.165, 1.54) is 12.1 Å². The Balaban J connectivity index is 2.21. The van der Waals surface area contributed by atoms with Crippen LogP contribution in [0.2, 0.25) is 5.02 Å². The molecule has 1 aliphatic rings. The van der Waals surface area contributed by atoms with Gasteiger partial charge in [-0.1, -0.05) is 17.7 Å². The number of halogens is 2. The molecule has 2 aromatic rings. The molecule has 3 heteroatoms. The number of ether oxygens (including phenoxy) is 1. The molecule has 1 atom stereocenters. The molecule has 0 N–H and O–H groups in total. The quantitative estimate of drug-likeness (QED) is 0.739. The Morgan fingerprint density at radius 1 is 1.26 bits per heavy atom. The Bertz CT molecular complexity index is 651. The molecule has 3 rings (SSSR count). The predicted octanol–water partition coefficient (Wildman–Crippen LogP) is 4.59. The zero-order chi connectivity index (χ0) is 13.6. The second-order valence-electron chi connectivity index (χ2n) is 4.84. The van der Waals surface area contributed by atoms with E-state index < -0.39 is 0 Å². The molecule has 0 aromatic heterocycles. The molecule has 0 spiro atoms. The van der Waals surface area contributed by atoms with Crippen molar-refractivity contribution < 1.29 is 9.13 Å². The average molecular weight is 276 g/mol. The molecular weight excluding hydrogens is 263 g/mol. The van der Waals surface area contributed by atoms with E-state index in [0.717, 1.165) is 28.0 Å². The smallest absolute Gasteiger partial charge is 0.131 e. The molecule has 1 radical (unpaired) electrons. The van der Waals surface area contributed by atoms with Crippen LogP contribution in [0.1, 0.15) is 11.1 Å². The van der Waals surface area contributed by atoms with Gasteiger partial charge in [-0.25, -0.2) is 4.39 Å². The summed E-state index contributed by atoms with van der Waals surface area (Å²) in [5.41, 5.74) is 3.59. The van der Waals surface area contributed by atoms with Crippen LogP contribution in [0.4, 0.5) is 4.39 Å². The summed E-state index contributed by atoms with van der Waals surface area (Å²) < 4.78 is 19.5. The number of benzene rings is 2. The van der Waals surface area contributed by atoms with Gasteiger partial charge >= 0.3 is 0 Å². The first-order chi connectivity index (χ1) is 9.04. The molecule has 1 aliphatic heterocycles. The fourth-order valence-corrected chi connectivity index (χ4v) is 2.75. The summed E-state index contributed by atoms with van der Waals surface area (Å²) in [5, 5.41) is 0.672. The first-order valence-corrected chi connectivity index (χ1v) is 6.51. The van der Waals surface area contributed by atoms with E-state index in [2.05, 4.69) is 6.92 Å². The van der Waals surface area contributed by atoms with Gasteiger partial charge in [-0.3, -0.25) is 0 Å². The minimum absolute atomic E-state index is 0.150. The molecule has 0 unspecified atom stereocenters. The summed E-state index contributed by atoms with van der Waals surface area (Å²) >= 11 is 5.96. The Hall–Kier alpha value is -1.54. The Kier molecular flexibility index (Phi) is 2.98. The van der Waals surface area contributed by atoms with E-state index in [9.17, 15) is 4.39 Å². The van der Waals surface area contributed by atoms with Crippen LogP contribution in [-0.2, 0) is 6.42 Å². The molecule has 0 saturated carbocycles. The first kappa shape index (κ1) is 12.5. The fourth-order valence-electron chi connectivity index (χ4n) is 2.52. The molecule has 2 aromatic carbocycles. The number of aryl methyl sites for hydroxylation is 1. The van der Waals surface area contributed by atoms with Gasteiger partial charge < -0.3 is 4.74 Å². The van der Waals surface area contributed by atoms with Crippen LogP contribution in [0.3, 0.4) is 0 Å². The third-order valence-electron chi connectivity index (χ3n) is 3.34. The number of fused-ring (bicyclic) bond motifs is 1. The van der Waals surface area contributed by atoms with Crippen molar-refractivity contribution >= 4 is 11.6 Å². The molecule has 0 aliphatic carbocycles. The van der Waals surface area contributed by atoms with Crippen molar-refractivity contribution in [2.75, 3.05) is 0 Å². The molecule has 0 fully saturated rings. The van der Waals surface area contributed by atoms with E-state index in [-0.39, 0.29) is 11.9 Å². The standard InChI is InChI=1S/C16H13ClFO/c1-9-5-12(17)3-4-14(9)15-8-13(18)7-11-6-10(2)19-16(11)15/h3-5,7-8,10H,2,6H2,1H3/t10-/m1/s1. The minimum atomic E-state index is -0.249. The number of hydrogen-bond donors (Lipinski definition) is 0. The summed E-state index contributed by atoms with van der Waals surface area (Å²) in [6.07, 6.45) is 0.496. The van der Waals surface area contributed by atoms with Crippen LogP contribution < -0.4 is 4.74 Å². The molecule has 0 bridgehead atoms. The predicted molar refractivity (Wildman–Crippen MR) is 75.1 cm³/mol. The van der Waals surface area contributed by atoms with E-state index in [1.807, 2.05) is 19.1 Å². The molecule has 0 amide bonds. The highest BCUT2D eigenvalue weighted by Gasteiger charge is 2.24. The van der Waals surface area contributed by atoms with Crippen LogP contribution in [0, 0.1) is 19.7 Å². The van der Waals surface area contributed by atoms with Gasteiger partial charge in [0.2, 0.25) is 0 Å². The number of hydrogen-bond acceptors (Lipinski definition) is 1. The zero-order valence-electron chi connectivity index (χ0n) is 10.5. The lowest BCUT2D eigenvalue weighted by molar-refractivity contribution is 0.282. The Morgan fingerprint density at radius 3 is 2.79 bits per heavy atom. The maximum Gasteiger partial charge on any atom is 0.131 e. The fraction of sp³-hybridized carbons (Fsp3) is 0.188. The first-order valence-electron chi connectivity index (χ1n) is 6.13. The van der Waals surface area contributed by atoms with Gasteiger partial charge in [0.25, 0.3) is 0 Å². The van der Waals surface area contributed by atoms with Crippen molar-refractivity contribution in [1.82, 2.24) is 0 Å². The van der Waals surface area contributed by atoms with E-state index >= 15 is 0 Å². The molecule has 97 valence electrons. The van der Waals surface area contributed by atoms with Crippen molar-refractivity contribution in [3.8, 4) is 16.9 Å². The van der Waals surface area contributed by atoms with Crippen molar-refractivity contribution in [3.05, 3.63) is 59.2 Å². The van der Waals surface area contributed by atoms with Gasteiger partial charge in [0.05, 0.1) is 0 Å². The average Bonchev–Trinajstić information content (AvgIpc) is 2.68. The van der Waals surface area contributed by atoms with Gasteiger partial charge in [0.1, 0.15) is 17.7 Å². The van der Waals surface area contributed by atoms with Crippen LogP contribution in [0.25, 0.3) is 11.1 Å². The maximum atomic E-state index is 13.7. The van der Waals surface area contributed by atoms with Gasteiger partial charge in [0, 0.05) is 22.6 Å². The van der Waals surface area contributed by atoms with Crippen LogP contribution in [0.5, 0.6) is 5.75 Å². The second kappa shape index (κ2) is 4.53. The minimum Gasteiger partial charge on any atom is -0.489 e. The third-order valence-corrected chi connectivity index (χ3v) is 3.58. The van der Waals surface area contributed by atoms with Gasteiger partial charge in [-0.05, 0) is 49.2 Å². The van der Waals surface area contributed by atoms with Crippen LogP contribution in [-0.4, -0.2) is 6.10 Å². The van der Waals surface area contributed by atoms with Crippen molar-refractivity contribution in [3.63, 3.8) is 0 Å². The lowest BCUT2D eigenvalue weighted by Gasteiger charge is -2.12. The van der Waals surface area contributed by atoms with E-state index in [4.69, 9.17) is 16.3 Å². The monoisotopic (exact) mass is 275 g/mol.